The number of rotatable bonds is 4. The third-order valence-corrected chi connectivity index (χ3v) is 4.02. The van der Waals surface area contributed by atoms with Crippen LogP contribution in [-0.4, -0.2) is 16.2 Å². The first-order valence-corrected chi connectivity index (χ1v) is 7.86. The van der Waals surface area contributed by atoms with Crippen LogP contribution in [0.1, 0.15) is 23.6 Å². The van der Waals surface area contributed by atoms with Crippen molar-refractivity contribution in [1.82, 2.24) is 0 Å². The van der Waals surface area contributed by atoms with Crippen LogP contribution in [0, 0.1) is 0 Å². The van der Waals surface area contributed by atoms with Crippen LogP contribution >= 0.6 is 0 Å². The Hall–Kier alpha value is -3.27. The Morgan fingerprint density at radius 1 is 0.720 bits per heavy atom. The van der Waals surface area contributed by atoms with Crippen LogP contribution in [0.5, 0.6) is 11.5 Å². The van der Waals surface area contributed by atoms with Crippen molar-refractivity contribution in [2.45, 2.75) is 12.5 Å². The van der Waals surface area contributed by atoms with Crippen molar-refractivity contribution in [3.63, 3.8) is 0 Å². The highest BCUT2D eigenvalue weighted by Gasteiger charge is 2.39. The van der Waals surface area contributed by atoms with E-state index in [9.17, 15) is 15.0 Å². The first-order chi connectivity index (χ1) is 12.0. The molecule has 0 unspecified atom stereocenters. The minimum atomic E-state index is -1.19. The molecule has 0 saturated heterocycles. The summed E-state index contributed by atoms with van der Waals surface area (Å²) >= 11 is 0. The lowest BCUT2D eigenvalue weighted by Crippen LogP contribution is -2.34. The van der Waals surface area contributed by atoms with Gasteiger partial charge in [0.05, 0.1) is 0 Å². The molecular formula is C21H18O4. The van der Waals surface area contributed by atoms with E-state index in [2.05, 4.69) is 0 Å². The third-order valence-electron chi connectivity index (χ3n) is 4.02. The van der Waals surface area contributed by atoms with Crippen molar-refractivity contribution in [3.05, 3.63) is 95.6 Å². The fourth-order valence-corrected chi connectivity index (χ4v) is 2.96. The zero-order valence-electron chi connectivity index (χ0n) is 13.7. The molecule has 0 atom stereocenters. The largest absolute Gasteiger partial charge is 0.508 e. The Morgan fingerprint density at radius 3 is 1.52 bits per heavy atom. The number of carbonyl (C=O) groups is 1. The first-order valence-electron chi connectivity index (χ1n) is 7.86. The van der Waals surface area contributed by atoms with Gasteiger partial charge in [-0.3, -0.25) is 4.79 Å². The fraction of sp³-hybridized carbons (Fsp3) is 0.0952. The van der Waals surface area contributed by atoms with E-state index in [4.69, 9.17) is 4.74 Å². The topological polar surface area (TPSA) is 66.8 Å². The van der Waals surface area contributed by atoms with E-state index < -0.39 is 11.6 Å². The predicted molar refractivity (Wildman–Crippen MR) is 94.3 cm³/mol. The molecule has 0 aliphatic rings. The summed E-state index contributed by atoms with van der Waals surface area (Å²) in [4.78, 5) is 12.0. The average Bonchev–Trinajstić information content (AvgIpc) is 2.62. The molecule has 0 aliphatic carbocycles. The number of benzene rings is 3. The van der Waals surface area contributed by atoms with Crippen LogP contribution in [0.4, 0.5) is 0 Å². The van der Waals surface area contributed by atoms with Gasteiger partial charge in [-0.25, -0.2) is 0 Å². The number of hydrogen-bond donors (Lipinski definition) is 2. The highest BCUT2D eigenvalue weighted by atomic mass is 16.6. The van der Waals surface area contributed by atoms with E-state index in [-0.39, 0.29) is 11.5 Å². The second-order valence-corrected chi connectivity index (χ2v) is 5.73. The summed E-state index contributed by atoms with van der Waals surface area (Å²) in [5.74, 6) is -0.191. The molecule has 0 bridgehead atoms. The van der Waals surface area contributed by atoms with Crippen LogP contribution in [0.3, 0.4) is 0 Å². The van der Waals surface area contributed by atoms with Gasteiger partial charge in [-0.1, -0.05) is 54.6 Å². The van der Waals surface area contributed by atoms with E-state index >= 15 is 0 Å². The molecule has 0 fully saturated rings. The standard InChI is InChI=1S/C21H18O4/c1-15(22)25-21(16-5-3-2-4-6-16,17-7-11-19(23)12-8-17)18-9-13-20(24)14-10-18/h2-14,23-24H,1H3. The Morgan fingerprint density at radius 2 is 1.12 bits per heavy atom. The summed E-state index contributed by atoms with van der Waals surface area (Å²) in [6.45, 7) is 1.36. The van der Waals surface area contributed by atoms with Gasteiger partial charge in [0.1, 0.15) is 11.5 Å². The molecule has 2 N–H and O–H groups in total. The minimum absolute atomic E-state index is 0.124. The van der Waals surface area contributed by atoms with E-state index in [1.165, 1.54) is 6.92 Å². The summed E-state index contributed by atoms with van der Waals surface area (Å²) < 4.78 is 5.87. The van der Waals surface area contributed by atoms with Crippen LogP contribution in [0.15, 0.2) is 78.9 Å². The summed E-state index contributed by atoms with van der Waals surface area (Å²) in [7, 11) is 0. The van der Waals surface area contributed by atoms with E-state index in [0.29, 0.717) is 11.1 Å². The number of carbonyl (C=O) groups excluding carboxylic acids is 1. The van der Waals surface area contributed by atoms with E-state index in [1.54, 1.807) is 48.5 Å². The average molecular weight is 334 g/mol. The molecule has 0 radical (unpaired) electrons. The molecule has 0 heterocycles. The summed E-state index contributed by atoms with van der Waals surface area (Å²) in [5, 5.41) is 19.3. The van der Waals surface area contributed by atoms with Crippen LogP contribution in [0.25, 0.3) is 0 Å². The SMILES string of the molecule is CC(=O)OC(c1ccccc1)(c1ccc(O)cc1)c1ccc(O)cc1. The van der Waals surface area contributed by atoms with E-state index in [1.807, 2.05) is 30.3 Å². The molecule has 4 heteroatoms. The maximum Gasteiger partial charge on any atom is 0.304 e. The fourth-order valence-electron chi connectivity index (χ4n) is 2.96. The molecule has 3 rings (SSSR count). The molecule has 4 nitrogen and oxygen atoms in total. The monoisotopic (exact) mass is 334 g/mol. The van der Waals surface area contributed by atoms with Crippen molar-refractivity contribution in [1.29, 1.82) is 0 Å². The van der Waals surface area contributed by atoms with Crippen molar-refractivity contribution >= 4 is 5.97 Å². The van der Waals surface area contributed by atoms with Crippen LogP contribution in [-0.2, 0) is 15.1 Å². The number of ether oxygens (including phenoxy) is 1. The third kappa shape index (κ3) is 3.19. The number of phenols is 2. The van der Waals surface area contributed by atoms with Crippen molar-refractivity contribution < 1.29 is 19.7 Å². The lowest BCUT2D eigenvalue weighted by molar-refractivity contribution is -0.150. The Kier molecular flexibility index (Phi) is 4.44. The van der Waals surface area contributed by atoms with Gasteiger partial charge in [-0.15, -0.1) is 0 Å². The maximum atomic E-state index is 12.0. The zero-order chi connectivity index (χ0) is 17.9. The molecule has 3 aromatic carbocycles. The van der Waals surface area contributed by atoms with Gasteiger partial charge in [-0.05, 0) is 24.3 Å². The second kappa shape index (κ2) is 6.69. The van der Waals surface area contributed by atoms with Gasteiger partial charge in [0.2, 0.25) is 0 Å². The van der Waals surface area contributed by atoms with Crippen molar-refractivity contribution in [2.75, 3.05) is 0 Å². The Bertz CT molecular complexity index is 807. The number of esters is 1. The lowest BCUT2D eigenvalue weighted by atomic mass is 9.80. The highest BCUT2D eigenvalue weighted by molar-refractivity contribution is 5.69. The van der Waals surface area contributed by atoms with Gasteiger partial charge in [-0.2, -0.15) is 0 Å². The van der Waals surface area contributed by atoms with E-state index in [0.717, 1.165) is 5.56 Å². The summed E-state index contributed by atoms with van der Waals surface area (Å²) in [6, 6.07) is 22.5. The van der Waals surface area contributed by atoms with Gasteiger partial charge < -0.3 is 14.9 Å². The van der Waals surface area contributed by atoms with Crippen molar-refractivity contribution in [3.8, 4) is 11.5 Å². The van der Waals surface area contributed by atoms with Crippen molar-refractivity contribution in [2.24, 2.45) is 0 Å². The molecule has 0 saturated carbocycles. The van der Waals surface area contributed by atoms with Crippen LogP contribution < -0.4 is 0 Å². The number of hydrogen-bond acceptors (Lipinski definition) is 4. The van der Waals surface area contributed by atoms with Gasteiger partial charge in [0.15, 0.2) is 5.60 Å². The molecule has 0 aliphatic heterocycles. The van der Waals surface area contributed by atoms with Gasteiger partial charge in [0, 0.05) is 23.6 Å². The first kappa shape index (κ1) is 16.6. The molecule has 0 amide bonds. The smallest absolute Gasteiger partial charge is 0.304 e. The van der Waals surface area contributed by atoms with Crippen LogP contribution in [0.2, 0.25) is 0 Å². The van der Waals surface area contributed by atoms with Gasteiger partial charge >= 0.3 is 5.97 Å². The Labute approximate surface area is 146 Å². The second-order valence-electron chi connectivity index (χ2n) is 5.73. The number of aromatic hydroxyl groups is 2. The quantitative estimate of drug-likeness (QED) is 0.560. The predicted octanol–water partition coefficient (Wildman–Crippen LogP) is 3.95. The molecular weight excluding hydrogens is 316 g/mol. The minimum Gasteiger partial charge on any atom is -0.508 e. The normalized spacial score (nSPS) is 11.1. The maximum absolute atomic E-state index is 12.0. The number of phenolic OH excluding ortho intramolecular Hbond substituents is 2. The molecule has 25 heavy (non-hydrogen) atoms. The molecule has 0 aromatic heterocycles. The van der Waals surface area contributed by atoms with Gasteiger partial charge in [0.25, 0.3) is 0 Å². The molecule has 0 spiro atoms. The summed E-state index contributed by atoms with van der Waals surface area (Å²) in [5.41, 5.74) is 0.963. The molecule has 126 valence electrons. The highest BCUT2D eigenvalue weighted by Crippen LogP contribution is 2.41. The Balaban J connectivity index is 2.32. The lowest BCUT2D eigenvalue weighted by Gasteiger charge is -2.35. The summed E-state index contributed by atoms with van der Waals surface area (Å²) in [6.07, 6.45) is 0. The molecule has 3 aromatic rings. The zero-order valence-corrected chi connectivity index (χ0v) is 13.7.